The summed E-state index contributed by atoms with van der Waals surface area (Å²) in [5, 5.41) is 0. The topological polar surface area (TPSA) is 53.7 Å². The van der Waals surface area contributed by atoms with Crippen molar-refractivity contribution in [2.75, 3.05) is 21.3 Å². The van der Waals surface area contributed by atoms with E-state index >= 15 is 0 Å². The van der Waals surface area contributed by atoms with Crippen molar-refractivity contribution >= 4 is 0 Å². The van der Waals surface area contributed by atoms with Crippen molar-refractivity contribution < 1.29 is 27.4 Å². The number of methoxy groups -OCH3 is 3. The number of rotatable bonds is 4. The molecule has 0 heterocycles. The first kappa shape index (κ1) is 14.4. The molecule has 1 aromatic rings. The predicted octanol–water partition coefficient (Wildman–Crippen LogP) is 2.27. The van der Waals surface area contributed by atoms with Gasteiger partial charge in [0, 0.05) is 12.1 Å². The maximum absolute atomic E-state index is 12.7. The van der Waals surface area contributed by atoms with Gasteiger partial charge in [0.2, 0.25) is 0 Å². The number of nitrogens with two attached hydrogens (primary N) is 1. The molecule has 1 aromatic carbocycles. The van der Waals surface area contributed by atoms with Crippen molar-refractivity contribution in [3.63, 3.8) is 0 Å². The van der Waals surface area contributed by atoms with Gasteiger partial charge in [0.1, 0.15) is 23.3 Å². The summed E-state index contributed by atoms with van der Waals surface area (Å²) in [5.41, 5.74) is 4.93. The zero-order chi connectivity index (χ0) is 13.9. The van der Waals surface area contributed by atoms with E-state index in [1.54, 1.807) is 0 Å². The van der Waals surface area contributed by atoms with Crippen molar-refractivity contribution in [1.82, 2.24) is 0 Å². The molecule has 4 nitrogen and oxygen atoms in total. The molecule has 0 aromatic heterocycles. The van der Waals surface area contributed by atoms with Crippen molar-refractivity contribution in [2.24, 2.45) is 5.73 Å². The summed E-state index contributed by atoms with van der Waals surface area (Å²) in [5.74, 6) is 0.258. The van der Waals surface area contributed by atoms with Gasteiger partial charge in [-0.2, -0.15) is 13.2 Å². The molecule has 0 spiro atoms. The van der Waals surface area contributed by atoms with Crippen LogP contribution in [0.4, 0.5) is 13.2 Å². The van der Waals surface area contributed by atoms with E-state index in [0.717, 1.165) is 0 Å². The third-order valence-electron chi connectivity index (χ3n) is 2.42. The number of alkyl halides is 3. The van der Waals surface area contributed by atoms with Crippen LogP contribution in [0.5, 0.6) is 17.2 Å². The van der Waals surface area contributed by atoms with Crippen molar-refractivity contribution in [3.8, 4) is 17.2 Å². The summed E-state index contributed by atoms with van der Waals surface area (Å²) in [6.07, 6.45) is -4.59. The zero-order valence-corrected chi connectivity index (χ0v) is 10.2. The van der Waals surface area contributed by atoms with Gasteiger partial charge in [-0.1, -0.05) is 0 Å². The second-order valence-corrected chi connectivity index (χ2v) is 3.46. The molecule has 0 radical (unpaired) electrons. The van der Waals surface area contributed by atoms with Gasteiger partial charge >= 0.3 is 6.18 Å². The Bertz CT molecular complexity index is 395. The summed E-state index contributed by atoms with van der Waals surface area (Å²) in [7, 11) is 3.89. The molecule has 0 aliphatic heterocycles. The van der Waals surface area contributed by atoms with Crippen molar-refractivity contribution in [3.05, 3.63) is 17.7 Å². The van der Waals surface area contributed by atoms with Gasteiger partial charge in [0.25, 0.3) is 0 Å². The number of hydrogen-bond acceptors (Lipinski definition) is 4. The van der Waals surface area contributed by atoms with E-state index in [1.165, 1.54) is 33.5 Å². The largest absolute Gasteiger partial charge is 0.496 e. The summed E-state index contributed by atoms with van der Waals surface area (Å²) in [6, 6.07) is 0.459. The Hall–Kier alpha value is -1.63. The molecule has 7 heteroatoms. The first-order valence-electron chi connectivity index (χ1n) is 4.97. The highest BCUT2D eigenvalue weighted by Gasteiger charge is 2.41. The standard InChI is InChI=1S/C11H14F3NO3/c1-16-6-4-7(17-2)9(8(5-6)18-3)10(15)11(12,13)14/h4-5,10H,15H2,1-3H3/t10-/m1/s1. The van der Waals surface area contributed by atoms with Crippen LogP contribution in [0.3, 0.4) is 0 Å². The van der Waals surface area contributed by atoms with E-state index in [2.05, 4.69) is 0 Å². The summed E-state index contributed by atoms with van der Waals surface area (Å²) >= 11 is 0. The van der Waals surface area contributed by atoms with E-state index in [1.807, 2.05) is 0 Å². The van der Waals surface area contributed by atoms with Crippen LogP contribution in [0.2, 0.25) is 0 Å². The molecule has 0 unspecified atom stereocenters. The molecule has 0 aliphatic carbocycles. The second-order valence-electron chi connectivity index (χ2n) is 3.46. The van der Waals surface area contributed by atoms with E-state index < -0.39 is 12.2 Å². The van der Waals surface area contributed by atoms with Crippen LogP contribution in [0.25, 0.3) is 0 Å². The third kappa shape index (κ3) is 2.79. The van der Waals surface area contributed by atoms with Crippen LogP contribution in [-0.2, 0) is 0 Å². The SMILES string of the molecule is COc1cc(OC)c([C@@H](N)C(F)(F)F)c(OC)c1. The summed E-state index contributed by atoms with van der Waals surface area (Å²) < 4.78 is 52.8. The number of hydrogen-bond donors (Lipinski definition) is 1. The van der Waals surface area contributed by atoms with Crippen LogP contribution >= 0.6 is 0 Å². The molecule has 2 N–H and O–H groups in total. The van der Waals surface area contributed by atoms with Crippen LogP contribution < -0.4 is 19.9 Å². The maximum atomic E-state index is 12.7. The first-order valence-corrected chi connectivity index (χ1v) is 4.97. The van der Waals surface area contributed by atoms with E-state index in [4.69, 9.17) is 19.9 Å². The number of halogens is 3. The van der Waals surface area contributed by atoms with Gasteiger partial charge in [-0.15, -0.1) is 0 Å². The molecule has 0 amide bonds. The Kier molecular flexibility index (Phi) is 4.28. The van der Waals surface area contributed by atoms with Gasteiger partial charge in [-0.3, -0.25) is 0 Å². The number of benzene rings is 1. The molecular weight excluding hydrogens is 251 g/mol. The van der Waals surface area contributed by atoms with Gasteiger partial charge in [0.05, 0.1) is 26.9 Å². The molecular formula is C11H14F3NO3. The summed E-state index contributed by atoms with van der Waals surface area (Å²) in [4.78, 5) is 0. The molecule has 102 valence electrons. The lowest BCUT2D eigenvalue weighted by atomic mass is 10.0. The molecule has 0 bridgehead atoms. The molecule has 0 aliphatic rings. The Morgan fingerprint density at radius 3 is 1.72 bits per heavy atom. The van der Waals surface area contributed by atoms with Gasteiger partial charge in [0.15, 0.2) is 0 Å². The highest BCUT2D eigenvalue weighted by atomic mass is 19.4. The minimum Gasteiger partial charge on any atom is -0.496 e. The van der Waals surface area contributed by atoms with Crippen LogP contribution in [-0.4, -0.2) is 27.5 Å². The van der Waals surface area contributed by atoms with Crippen LogP contribution in [0.1, 0.15) is 11.6 Å². The average molecular weight is 265 g/mol. The Morgan fingerprint density at radius 1 is 1.00 bits per heavy atom. The average Bonchev–Trinajstić information content (AvgIpc) is 2.34. The Balaban J connectivity index is 3.40. The van der Waals surface area contributed by atoms with E-state index in [0.29, 0.717) is 5.75 Å². The monoisotopic (exact) mass is 265 g/mol. The Morgan fingerprint density at radius 2 is 1.44 bits per heavy atom. The van der Waals surface area contributed by atoms with Crippen molar-refractivity contribution in [2.45, 2.75) is 12.2 Å². The van der Waals surface area contributed by atoms with Crippen LogP contribution in [0, 0.1) is 0 Å². The first-order chi connectivity index (χ1) is 8.35. The lowest BCUT2D eigenvalue weighted by Crippen LogP contribution is -2.29. The molecule has 1 atom stereocenters. The number of ether oxygens (including phenoxy) is 3. The van der Waals surface area contributed by atoms with Crippen molar-refractivity contribution in [1.29, 1.82) is 0 Å². The second kappa shape index (κ2) is 5.34. The fourth-order valence-corrected chi connectivity index (χ4v) is 1.50. The fourth-order valence-electron chi connectivity index (χ4n) is 1.50. The fraction of sp³-hybridized carbons (Fsp3) is 0.455. The Labute approximate surface area is 102 Å². The van der Waals surface area contributed by atoms with Gasteiger partial charge in [-0.05, 0) is 0 Å². The third-order valence-corrected chi connectivity index (χ3v) is 2.42. The maximum Gasteiger partial charge on any atom is 0.407 e. The highest BCUT2D eigenvalue weighted by Crippen LogP contribution is 2.43. The van der Waals surface area contributed by atoms with E-state index in [9.17, 15) is 13.2 Å². The van der Waals surface area contributed by atoms with Gasteiger partial charge < -0.3 is 19.9 Å². The molecule has 0 fully saturated rings. The lowest BCUT2D eigenvalue weighted by molar-refractivity contribution is -0.149. The molecule has 18 heavy (non-hydrogen) atoms. The van der Waals surface area contributed by atoms with Gasteiger partial charge in [-0.25, -0.2) is 0 Å². The van der Waals surface area contributed by atoms with E-state index in [-0.39, 0.29) is 17.1 Å². The molecule has 0 saturated heterocycles. The quantitative estimate of drug-likeness (QED) is 0.907. The smallest absolute Gasteiger partial charge is 0.407 e. The predicted molar refractivity (Wildman–Crippen MR) is 59.1 cm³/mol. The minimum atomic E-state index is -4.59. The van der Waals surface area contributed by atoms with Crippen LogP contribution in [0.15, 0.2) is 12.1 Å². The zero-order valence-electron chi connectivity index (χ0n) is 10.2. The minimum absolute atomic E-state index is 0.0315. The lowest BCUT2D eigenvalue weighted by Gasteiger charge is -2.21. The normalized spacial score (nSPS) is 13.1. The highest BCUT2D eigenvalue weighted by molar-refractivity contribution is 5.52. The summed E-state index contributed by atoms with van der Waals surface area (Å²) in [6.45, 7) is 0. The molecule has 1 rings (SSSR count). The molecule has 0 saturated carbocycles.